The van der Waals surface area contributed by atoms with Crippen LogP contribution >= 0.6 is 0 Å². The normalized spacial score (nSPS) is 10.5. The molecule has 0 atom stereocenters. The van der Waals surface area contributed by atoms with Crippen molar-refractivity contribution in [3.63, 3.8) is 0 Å². The summed E-state index contributed by atoms with van der Waals surface area (Å²) in [6, 6.07) is 10.8. The van der Waals surface area contributed by atoms with Gasteiger partial charge in [0.2, 0.25) is 0 Å². The average Bonchev–Trinajstić information content (AvgIpc) is 2.88. The summed E-state index contributed by atoms with van der Waals surface area (Å²) in [5.41, 5.74) is 5.77. The molecular formula is C15H10N2O5. The monoisotopic (exact) mass is 298 g/mol. The maximum atomic E-state index is 11.9. The van der Waals surface area contributed by atoms with Crippen LogP contribution in [-0.2, 0) is 0 Å². The summed E-state index contributed by atoms with van der Waals surface area (Å²) in [6.45, 7) is 0. The molecule has 1 amide bonds. The zero-order chi connectivity index (χ0) is 15.7. The Balaban J connectivity index is 1.92. The Morgan fingerprint density at radius 3 is 2.59 bits per heavy atom. The number of aromatic nitrogens is 1. The minimum Gasteiger partial charge on any atom is -0.507 e. The van der Waals surface area contributed by atoms with E-state index >= 15 is 0 Å². The lowest BCUT2D eigenvalue weighted by Gasteiger charge is -1.98. The molecule has 22 heavy (non-hydrogen) atoms. The number of fused-ring (bicyclic) bond motifs is 1. The van der Waals surface area contributed by atoms with E-state index < -0.39 is 11.9 Å². The number of carbonyl (C=O) groups is 2. The van der Waals surface area contributed by atoms with Crippen LogP contribution in [0.5, 0.6) is 11.8 Å². The molecule has 0 spiro atoms. The number of nitrogens with two attached hydrogens (primary N) is 1. The molecule has 2 aromatic carbocycles. The SMILES string of the molecule is NC(=O)c1cc2nc(OC(=O)c3ccccc3)oc2cc1O. The standard InChI is InChI=1S/C15H10N2O5/c16-13(19)9-6-10-12(7-11(9)18)21-15(17-10)22-14(20)8-4-2-1-3-5-8/h1-7,18H,(H2,16,19). The van der Waals surface area contributed by atoms with Crippen LogP contribution in [0.2, 0.25) is 0 Å². The van der Waals surface area contributed by atoms with Crippen molar-refractivity contribution in [1.82, 2.24) is 4.98 Å². The third-order valence-electron chi connectivity index (χ3n) is 2.94. The Labute approximate surface area is 123 Å². The molecule has 3 aromatic rings. The van der Waals surface area contributed by atoms with Gasteiger partial charge in [0.25, 0.3) is 5.91 Å². The van der Waals surface area contributed by atoms with E-state index in [0.29, 0.717) is 5.56 Å². The summed E-state index contributed by atoms with van der Waals surface area (Å²) in [7, 11) is 0. The summed E-state index contributed by atoms with van der Waals surface area (Å²) in [6.07, 6.45) is -0.287. The Morgan fingerprint density at radius 1 is 1.18 bits per heavy atom. The topological polar surface area (TPSA) is 116 Å². The lowest BCUT2D eigenvalue weighted by molar-refractivity contribution is 0.0686. The second kappa shape index (κ2) is 5.21. The maximum absolute atomic E-state index is 11.9. The molecule has 1 heterocycles. The molecule has 3 N–H and O–H groups in total. The number of hydrogen-bond donors (Lipinski definition) is 2. The van der Waals surface area contributed by atoms with Crippen LogP contribution in [0.4, 0.5) is 0 Å². The van der Waals surface area contributed by atoms with Crippen LogP contribution in [0, 0.1) is 0 Å². The predicted octanol–water partition coefficient (Wildman–Crippen LogP) is 1.85. The van der Waals surface area contributed by atoms with Crippen molar-refractivity contribution in [1.29, 1.82) is 0 Å². The third kappa shape index (κ3) is 2.47. The Hall–Kier alpha value is -3.35. The molecule has 3 rings (SSSR count). The number of amides is 1. The van der Waals surface area contributed by atoms with Gasteiger partial charge in [0, 0.05) is 6.07 Å². The minimum absolute atomic E-state index is 0.0956. The number of oxazole rings is 1. The van der Waals surface area contributed by atoms with Gasteiger partial charge in [-0.1, -0.05) is 18.2 Å². The number of rotatable bonds is 3. The highest BCUT2D eigenvalue weighted by molar-refractivity contribution is 5.99. The minimum atomic E-state index is -0.801. The fourth-order valence-electron chi connectivity index (χ4n) is 1.90. The number of hydrogen-bond acceptors (Lipinski definition) is 6. The highest BCUT2D eigenvalue weighted by Crippen LogP contribution is 2.28. The average molecular weight is 298 g/mol. The highest BCUT2D eigenvalue weighted by Gasteiger charge is 2.17. The highest BCUT2D eigenvalue weighted by atomic mass is 16.6. The van der Waals surface area contributed by atoms with Gasteiger partial charge in [0.1, 0.15) is 11.3 Å². The van der Waals surface area contributed by atoms with Gasteiger partial charge in [-0.15, -0.1) is 0 Å². The molecule has 7 heteroatoms. The van der Waals surface area contributed by atoms with E-state index in [0.717, 1.165) is 0 Å². The molecule has 0 fully saturated rings. The molecule has 0 saturated heterocycles. The number of nitrogens with zero attached hydrogens (tertiary/aromatic N) is 1. The van der Waals surface area contributed by atoms with Crippen LogP contribution in [0.1, 0.15) is 20.7 Å². The number of esters is 1. The van der Waals surface area contributed by atoms with E-state index in [1.54, 1.807) is 30.3 Å². The quantitative estimate of drug-likeness (QED) is 0.713. The van der Waals surface area contributed by atoms with Crippen molar-refractivity contribution in [3.8, 4) is 11.8 Å². The first-order valence-electron chi connectivity index (χ1n) is 6.25. The van der Waals surface area contributed by atoms with Crippen LogP contribution in [-0.4, -0.2) is 22.0 Å². The predicted molar refractivity (Wildman–Crippen MR) is 75.6 cm³/mol. The van der Waals surface area contributed by atoms with Crippen molar-refractivity contribution in [2.24, 2.45) is 5.73 Å². The number of carbonyl (C=O) groups excluding carboxylic acids is 2. The van der Waals surface area contributed by atoms with E-state index in [1.165, 1.54) is 12.1 Å². The second-order valence-electron chi connectivity index (χ2n) is 4.44. The Bertz CT molecular complexity index is 870. The van der Waals surface area contributed by atoms with Crippen molar-refractivity contribution < 1.29 is 23.8 Å². The zero-order valence-electron chi connectivity index (χ0n) is 11.1. The second-order valence-corrected chi connectivity index (χ2v) is 4.44. The summed E-state index contributed by atoms with van der Waals surface area (Å²) in [5, 5.41) is 9.65. The summed E-state index contributed by atoms with van der Waals surface area (Å²) < 4.78 is 10.2. The van der Waals surface area contributed by atoms with Crippen molar-refractivity contribution >= 4 is 23.0 Å². The molecule has 7 nitrogen and oxygen atoms in total. The van der Waals surface area contributed by atoms with E-state index in [9.17, 15) is 14.7 Å². The number of ether oxygens (including phenoxy) is 1. The number of benzene rings is 2. The Morgan fingerprint density at radius 2 is 1.91 bits per heavy atom. The fourth-order valence-corrected chi connectivity index (χ4v) is 1.90. The smallest absolute Gasteiger partial charge is 0.402 e. The summed E-state index contributed by atoms with van der Waals surface area (Å²) in [4.78, 5) is 27.0. The molecule has 110 valence electrons. The summed E-state index contributed by atoms with van der Waals surface area (Å²) >= 11 is 0. The third-order valence-corrected chi connectivity index (χ3v) is 2.94. The molecule has 0 radical (unpaired) electrons. The van der Waals surface area contributed by atoms with Gasteiger partial charge in [0.05, 0.1) is 11.1 Å². The first kappa shape index (κ1) is 13.6. The fraction of sp³-hybridized carbons (Fsp3) is 0. The van der Waals surface area contributed by atoms with Crippen molar-refractivity contribution in [2.75, 3.05) is 0 Å². The van der Waals surface area contributed by atoms with Crippen molar-refractivity contribution in [3.05, 3.63) is 53.6 Å². The van der Waals surface area contributed by atoms with Crippen LogP contribution in [0.3, 0.4) is 0 Å². The molecular weight excluding hydrogens is 288 g/mol. The van der Waals surface area contributed by atoms with Gasteiger partial charge in [-0.25, -0.2) is 4.79 Å². The first-order chi connectivity index (χ1) is 10.5. The molecule has 0 aliphatic carbocycles. The summed E-state index contributed by atoms with van der Waals surface area (Å²) in [5.74, 6) is -1.77. The lowest BCUT2D eigenvalue weighted by Crippen LogP contribution is -2.10. The van der Waals surface area contributed by atoms with Crippen LogP contribution in [0.25, 0.3) is 11.1 Å². The van der Waals surface area contributed by atoms with Gasteiger partial charge < -0.3 is 20.0 Å². The number of primary amides is 1. The number of phenols is 1. The lowest BCUT2D eigenvalue weighted by atomic mass is 10.2. The van der Waals surface area contributed by atoms with Gasteiger partial charge in [-0.2, -0.15) is 4.98 Å². The van der Waals surface area contributed by atoms with E-state index in [-0.39, 0.29) is 28.5 Å². The molecule has 0 bridgehead atoms. The van der Waals surface area contributed by atoms with Gasteiger partial charge >= 0.3 is 12.0 Å². The van der Waals surface area contributed by atoms with E-state index in [2.05, 4.69) is 4.98 Å². The van der Waals surface area contributed by atoms with Gasteiger partial charge in [-0.3, -0.25) is 4.79 Å². The van der Waals surface area contributed by atoms with E-state index in [4.69, 9.17) is 14.9 Å². The zero-order valence-corrected chi connectivity index (χ0v) is 11.1. The van der Waals surface area contributed by atoms with Crippen molar-refractivity contribution in [2.45, 2.75) is 0 Å². The molecule has 0 saturated carbocycles. The number of aromatic hydroxyl groups is 1. The first-order valence-corrected chi connectivity index (χ1v) is 6.25. The molecule has 0 aliphatic rings. The molecule has 0 aliphatic heterocycles. The largest absolute Gasteiger partial charge is 0.507 e. The Kier molecular flexibility index (Phi) is 3.23. The van der Waals surface area contributed by atoms with Gasteiger partial charge in [0.15, 0.2) is 5.58 Å². The van der Waals surface area contributed by atoms with Gasteiger partial charge in [-0.05, 0) is 18.2 Å². The molecule has 0 unspecified atom stereocenters. The maximum Gasteiger partial charge on any atom is 0.402 e. The van der Waals surface area contributed by atoms with E-state index in [1.807, 2.05) is 0 Å². The molecule has 1 aromatic heterocycles. The van der Waals surface area contributed by atoms with Crippen LogP contribution in [0.15, 0.2) is 46.9 Å². The van der Waals surface area contributed by atoms with Crippen LogP contribution < -0.4 is 10.5 Å².